The van der Waals surface area contributed by atoms with Crippen LogP contribution in [0.25, 0.3) is 10.2 Å². The number of anilines is 1. The van der Waals surface area contributed by atoms with Crippen LogP contribution in [0.5, 0.6) is 0 Å². The summed E-state index contributed by atoms with van der Waals surface area (Å²) < 4.78 is 5.13. The van der Waals surface area contributed by atoms with Crippen LogP contribution >= 0.6 is 11.3 Å². The van der Waals surface area contributed by atoms with Crippen molar-refractivity contribution in [3.05, 3.63) is 16.3 Å². The average Bonchev–Trinajstić information content (AvgIpc) is 2.84. The summed E-state index contributed by atoms with van der Waals surface area (Å²) in [5.74, 6) is 1.13. The van der Waals surface area contributed by atoms with Crippen LogP contribution in [0.4, 0.5) is 5.82 Å². The van der Waals surface area contributed by atoms with Gasteiger partial charge in [0.05, 0.1) is 18.6 Å². The topological polar surface area (TPSA) is 64.5 Å². The van der Waals surface area contributed by atoms with Gasteiger partial charge in [-0.2, -0.15) is 0 Å². The highest BCUT2D eigenvalue weighted by molar-refractivity contribution is 7.20. The number of esters is 1. The zero-order valence-electron chi connectivity index (χ0n) is 13.0. The van der Waals surface area contributed by atoms with E-state index in [-0.39, 0.29) is 5.97 Å². The molecule has 0 aromatic carbocycles. The Labute approximate surface area is 133 Å². The molecule has 7 heteroatoms. The Morgan fingerprint density at radius 3 is 2.86 bits per heavy atom. The molecule has 6 nitrogen and oxygen atoms in total. The summed E-state index contributed by atoms with van der Waals surface area (Å²) in [6.45, 7) is 7.42. The largest absolute Gasteiger partial charge is 0.462 e. The van der Waals surface area contributed by atoms with E-state index in [1.807, 2.05) is 18.9 Å². The van der Waals surface area contributed by atoms with Crippen molar-refractivity contribution < 1.29 is 14.4 Å². The third kappa shape index (κ3) is 2.66. The maximum absolute atomic E-state index is 12.1. The third-order valence-corrected chi connectivity index (χ3v) is 4.75. The molecule has 1 fully saturated rings. The minimum atomic E-state index is -0.300. The number of thiophene rings is 1. The molecular formula is C15H19N3O3S. The molecule has 0 bridgehead atoms. The number of hydrogen-bond donors (Lipinski definition) is 0. The lowest BCUT2D eigenvalue weighted by Crippen LogP contribution is -2.31. The van der Waals surface area contributed by atoms with Gasteiger partial charge in [0.15, 0.2) is 5.82 Å². The van der Waals surface area contributed by atoms with E-state index in [0.29, 0.717) is 23.9 Å². The summed E-state index contributed by atoms with van der Waals surface area (Å²) in [4.78, 5) is 28.3. The molecule has 0 saturated carbocycles. The highest BCUT2D eigenvalue weighted by atomic mass is 32.1. The molecule has 3 rings (SSSR count). The Morgan fingerprint density at radius 2 is 2.18 bits per heavy atom. The fraction of sp³-hybridized carbons (Fsp3) is 0.533. The summed E-state index contributed by atoms with van der Waals surface area (Å²) in [5, 5.41) is 2.72. The van der Waals surface area contributed by atoms with Crippen molar-refractivity contribution in [1.82, 2.24) is 9.97 Å². The number of rotatable bonds is 3. The molecule has 2 aromatic rings. The van der Waals surface area contributed by atoms with Crippen molar-refractivity contribution in [1.29, 1.82) is 0 Å². The Bertz CT molecular complexity index is 708. The van der Waals surface area contributed by atoms with Gasteiger partial charge in [-0.15, -0.1) is 11.3 Å². The van der Waals surface area contributed by atoms with E-state index < -0.39 is 0 Å². The van der Waals surface area contributed by atoms with Crippen LogP contribution in [0.1, 0.15) is 40.8 Å². The summed E-state index contributed by atoms with van der Waals surface area (Å²) in [6.07, 6.45) is 2.12. The van der Waals surface area contributed by atoms with Crippen molar-refractivity contribution >= 4 is 33.3 Å². The van der Waals surface area contributed by atoms with Gasteiger partial charge in [0, 0.05) is 6.54 Å². The minimum absolute atomic E-state index is 0.300. The van der Waals surface area contributed by atoms with E-state index in [0.717, 1.165) is 41.0 Å². The third-order valence-electron chi connectivity index (χ3n) is 3.58. The number of carbonyl (C=O) groups excluding carboxylic acids is 1. The molecule has 0 aliphatic carbocycles. The number of hydroxylamine groups is 1. The molecule has 1 aliphatic rings. The van der Waals surface area contributed by atoms with Gasteiger partial charge in [0.25, 0.3) is 0 Å². The van der Waals surface area contributed by atoms with Crippen LogP contribution in [0, 0.1) is 13.8 Å². The van der Waals surface area contributed by atoms with E-state index >= 15 is 0 Å². The van der Waals surface area contributed by atoms with Crippen molar-refractivity contribution in [3.63, 3.8) is 0 Å². The molecule has 0 atom stereocenters. The Morgan fingerprint density at radius 1 is 1.36 bits per heavy atom. The molecule has 1 saturated heterocycles. The molecule has 3 heterocycles. The van der Waals surface area contributed by atoms with E-state index in [4.69, 9.17) is 9.57 Å². The van der Waals surface area contributed by atoms with Crippen molar-refractivity contribution in [3.8, 4) is 0 Å². The second-order valence-corrected chi connectivity index (χ2v) is 6.19. The second-order valence-electron chi connectivity index (χ2n) is 5.19. The van der Waals surface area contributed by atoms with E-state index in [1.165, 1.54) is 11.3 Å². The fourth-order valence-electron chi connectivity index (χ4n) is 2.56. The first-order valence-electron chi connectivity index (χ1n) is 7.47. The van der Waals surface area contributed by atoms with Gasteiger partial charge in [-0.1, -0.05) is 0 Å². The van der Waals surface area contributed by atoms with E-state index in [9.17, 15) is 4.79 Å². The molecule has 22 heavy (non-hydrogen) atoms. The second kappa shape index (κ2) is 6.18. The quantitative estimate of drug-likeness (QED) is 0.810. The van der Waals surface area contributed by atoms with Crippen molar-refractivity contribution in [2.45, 2.75) is 33.6 Å². The number of hydrogen-bond acceptors (Lipinski definition) is 7. The van der Waals surface area contributed by atoms with Crippen LogP contribution in [0.15, 0.2) is 0 Å². The smallest absolute Gasteiger partial charge is 0.348 e. The number of ether oxygens (including phenoxy) is 1. The normalized spacial score (nSPS) is 15.3. The van der Waals surface area contributed by atoms with Crippen LogP contribution in [-0.2, 0) is 9.57 Å². The molecule has 0 spiro atoms. The summed E-state index contributed by atoms with van der Waals surface area (Å²) >= 11 is 1.36. The molecule has 0 N–H and O–H groups in total. The molecule has 0 amide bonds. The number of fused-ring (bicyclic) bond motifs is 1. The SMILES string of the molecule is CCOC(=O)c1sc2nc(C)nc(N3CCCCO3)c2c1C. The zero-order valence-corrected chi connectivity index (χ0v) is 13.8. The highest BCUT2D eigenvalue weighted by Gasteiger charge is 2.24. The maximum Gasteiger partial charge on any atom is 0.348 e. The minimum Gasteiger partial charge on any atom is -0.462 e. The first-order chi connectivity index (χ1) is 10.6. The molecule has 2 aromatic heterocycles. The lowest BCUT2D eigenvalue weighted by Gasteiger charge is -2.27. The molecule has 1 aliphatic heterocycles. The summed E-state index contributed by atoms with van der Waals surface area (Å²) in [5.41, 5.74) is 0.864. The number of carbonyl (C=O) groups is 1. The lowest BCUT2D eigenvalue weighted by atomic mass is 10.2. The van der Waals surface area contributed by atoms with Crippen molar-refractivity contribution in [2.24, 2.45) is 0 Å². The number of aryl methyl sites for hydroxylation is 2. The van der Waals surface area contributed by atoms with Crippen molar-refractivity contribution in [2.75, 3.05) is 24.8 Å². The first kappa shape index (κ1) is 15.2. The van der Waals surface area contributed by atoms with E-state index in [1.54, 1.807) is 6.92 Å². The summed E-state index contributed by atoms with van der Waals surface area (Å²) in [7, 11) is 0. The van der Waals surface area contributed by atoms with Crippen LogP contribution < -0.4 is 5.06 Å². The standard InChI is InChI=1S/C15H19N3O3S/c1-4-20-15(19)12-9(2)11-13(18-7-5-6-8-21-18)16-10(3)17-14(11)22-12/h4-8H2,1-3H3. The van der Waals surface area contributed by atoms with Gasteiger partial charge in [0.1, 0.15) is 15.5 Å². The molecule has 0 unspecified atom stereocenters. The fourth-order valence-corrected chi connectivity index (χ4v) is 3.67. The van der Waals surface area contributed by atoms with Gasteiger partial charge >= 0.3 is 5.97 Å². The van der Waals surface area contributed by atoms with Gasteiger partial charge in [0.2, 0.25) is 0 Å². The Hall–Kier alpha value is -1.73. The molecule has 118 valence electrons. The number of aromatic nitrogens is 2. The Balaban J connectivity index is 2.13. The van der Waals surface area contributed by atoms with Gasteiger partial charge in [-0.25, -0.2) is 19.8 Å². The summed E-state index contributed by atoms with van der Waals surface area (Å²) in [6, 6.07) is 0. The van der Waals surface area contributed by atoms with E-state index in [2.05, 4.69) is 9.97 Å². The maximum atomic E-state index is 12.1. The predicted molar refractivity (Wildman–Crippen MR) is 85.4 cm³/mol. The zero-order chi connectivity index (χ0) is 15.7. The van der Waals surface area contributed by atoms with Gasteiger partial charge < -0.3 is 4.74 Å². The number of nitrogens with zero attached hydrogens (tertiary/aromatic N) is 3. The highest BCUT2D eigenvalue weighted by Crippen LogP contribution is 2.36. The van der Waals surface area contributed by atoms with Gasteiger partial charge in [-0.05, 0) is 39.2 Å². The first-order valence-corrected chi connectivity index (χ1v) is 8.28. The van der Waals surface area contributed by atoms with Crippen LogP contribution in [0.3, 0.4) is 0 Å². The lowest BCUT2D eigenvalue weighted by molar-refractivity contribution is 0.0531. The monoisotopic (exact) mass is 321 g/mol. The Kier molecular flexibility index (Phi) is 4.26. The molecular weight excluding hydrogens is 302 g/mol. The predicted octanol–water partition coefficient (Wildman–Crippen LogP) is 3.02. The average molecular weight is 321 g/mol. The van der Waals surface area contributed by atoms with Crippen LogP contribution in [0.2, 0.25) is 0 Å². The van der Waals surface area contributed by atoms with Crippen LogP contribution in [-0.4, -0.2) is 35.7 Å². The molecule has 0 radical (unpaired) electrons. The van der Waals surface area contributed by atoms with Gasteiger partial charge in [-0.3, -0.25) is 4.84 Å².